The quantitative estimate of drug-likeness (QED) is 0.857. The van der Waals surface area contributed by atoms with Crippen LogP contribution in [0, 0.1) is 0 Å². The van der Waals surface area contributed by atoms with E-state index in [2.05, 4.69) is 16.3 Å². The summed E-state index contributed by atoms with van der Waals surface area (Å²) < 4.78 is 0. The zero-order valence-corrected chi connectivity index (χ0v) is 15.6. The maximum Gasteiger partial charge on any atom is 0.282 e. The molecule has 1 aliphatic rings. The largest absolute Gasteiger partial charge is 0.360 e. The van der Waals surface area contributed by atoms with Crippen LogP contribution in [0.25, 0.3) is 0 Å². The zero-order valence-electron chi connectivity index (χ0n) is 14.1. The highest BCUT2D eigenvalue weighted by atomic mass is 35.5. The second-order valence-corrected chi connectivity index (χ2v) is 7.22. The minimum atomic E-state index is -0.111. The maximum absolute atomic E-state index is 12.5. The fourth-order valence-electron chi connectivity index (χ4n) is 3.16. The summed E-state index contributed by atoms with van der Waals surface area (Å²) >= 11 is 12.0. The van der Waals surface area contributed by atoms with Crippen molar-refractivity contribution in [1.29, 1.82) is 0 Å². The van der Waals surface area contributed by atoms with Gasteiger partial charge in [-0.3, -0.25) is 4.79 Å². The van der Waals surface area contributed by atoms with Crippen LogP contribution in [-0.4, -0.2) is 38.1 Å². The molecule has 1 amide bonds. The molecule has 1 atom stereocenters. The second kappa shape index (κ2) is 8.09. The lowest BCUT2D eigenvalue weighted by atomic mass is 10.2. The van der Waals surface area contributed by atoms with E-state index in [1.54, 1.807) is 12.1 Å². The lowest BCUT2D eigenvalue weighted by molar-refractivity contribution is -0.914. The molecule has 1 fully saturated rings. The minimum Gasteiger partial charge on any atom is -0.360 e. The van der Waals surface area contributed by atoms with E-state index in [-0.39, 0.29) is 11.9 Å². The first-order valence-corrected chi connectivity index (χ1v) is 9.20. The molecule has 0 spiro atoms. The average Bonchev–Trinajstić information content (AvgIpc) is 2.61. The Morgan fingerprint density at radius 1 is 1.08 bits per heavy atom. The van der Waals surface area contributed by atoms with Gasteiger partial charge in [0, 0.05) is 21.4 Å². The molecule has 0 aliphatic carbocycles. The predicted octanol–water partition coefficient (Wildman–Crippen LogP) is 2.73. The van der Waals surface area contributed by atoms with Gasteiger partial charge in [-0.05, 0) is 43.3 Å². The topological polar surface area (TPSA) is 36.8 Å². The molecule has 132 valence electrons. The van der Waals surface area contributed by atoms with Gasteiger partial charge in [0.2, 0.25) is 0 Å². The first-order valence-electron chi connectivity index (χ1n) is 8.44. The van der Waals surface area contributed by atoms with Crippen LogP contribution in [0.15, 0.2) is 48.5 Å². The van der Waals surface area contributed by atoms with E-state index in [1.165, 1.54) is 4.90 Å². The summed E-state index contributed by atoms with van der Waals surface area (Å²) in [6.07, 6.45) is 0. The molecule has 1 heterocycles. The summed E-state index contributed by atoms with van der Waals surface area (Å²) in [7, 11) is 0. The van der Waals surface area contributed by atoms with Gasteiger partial charge in [0.15, 0.2) is 6.04 Å². The van der Waals surface area contributed by atoms with Crippen LogP contribution >= 0.6 is 23.2 Å². The number of benzene rings is 2. The monoisotopic (exact) mass is 378 g/mol. The third kappa shape index (κ3) is 4.66. The van der Waals surface area contributed by atoms with E-state index >= 15 is 0 Å². The number of hydrogen-bond donors (Lipinski definition) is 2. The number of amides is 1. The van der Waals surface area contributed by atoms with Crippen molar-refractivity contribution in [3.63, 3.8) is 0 Å². The highest BCUT2D eigenvalue weighted by Crippen LogP contribution is 2.19. The molecule has 0 bridgehead atoms. The number of rotatable bonds is 4. The highest BCUT2D eigenvalue weighted by Gasteiger charge is 2.29. The Balaban J connectivity index is 1.56. The predicted molar refractivity (Wildman–Crippen MR) is 104 cm³/mol. The molecule has 0 aromatic heterocycles. The van der Waals surface area contributed by atoms with Crippen LogP contribution in [0.2, 0.25) is 10.0 Å². The number of nitrogens with zero attached hydrogens (tertiary/aromatic N) is 1. The molecule has 2 aromatic rings. The SMILES string of the molecule is C[C@@H](C(=O)Nc1cccc(Cl)c1)[NH+]1CCN(c2cccc(Cl)c2)CC1. The van der Waals surface area contributed by atoms with Crippen molar-refractivity contribution in [2.45, 2.75) is 13.0 Å². The van der Waals surface area contributed by atoms with E-state index < -0.39 is 0 Å². The second-order valence-electron chi connectivity index (χ2n) is 6.35. The summed E-state index contributed by atoms with van der Waals surface area (Å²) in [6.45, 7) is 5.62. The molecule has 1 aliphatic heterocycles. The first kappa shape index (κ1) is 18.1. The van der Waals surface area contributed by atoms with E-state index in [0.717, 1.165) is 42.6 Å². The molecule has 0 unspecified atom stereocenters. The Morgan fingerprint density at radius 2 is 1.72 bits per heavy atom. The third-order valence-corrected chi connectivity index (χ3v) is 5.15. The Kier molecular flexibility index (Phi) is 5.84. The summed E-state index contributed by atoms with van der Waals surface area (Å²) in [5.41, 5.74) is 1.88. The molecular weight excluding hydrogens is 357 g/mol. The highest BCUT2D eigenvalue weighted by molar-refractivity contribution is 6.31. The van der Waals surface area contributed by atoms with E-state index in [4.69, 9.17) is 23.2 Å². The zero-order chi connectivity index (χ0) is 17.8. The fraction of sp³-hybridized carbons (Fsp3) is 0.316. The van der Waals surface area contributed by atoms with Crippen LogP contribution in [0.1, 0.15) is 6.92 Å². The lowest BCUT2D eigenvalue weighted by Crippen LogP contribution is -3.19. The molecule has 25 heavy (non-hydrogen) atoms. The van der Waals surface area contributed by atoms with E-state index in [1.807, 2.05) is 37.3 Å². The molecule has 3 rings (SSSR count). The summed E-state index contributed by atoms with van der Waals surface area (Å²) in [4.78, 5) is 16.1. The first-order chi connectivity index (χ1) is 12.0. The van der Waals surface area contributed by atoms with Crippen LogP contribution in [0.4, 0.5) is 11.4 Å². The molecule has 4 nitrogen and oxygen atoms in total. The number of hydrogen-bond acceptors (Lipinski definition) is 2. The standard InChI is InChI=1S/C19H21Cl2N3O/c1-14(19(25)22-17-6-2-4-15(20)12-17)23-8-10-24(11-9-23)18-7-3-5-16(21)13-18/h2-7,12-14H,8-11H2,1H3,(H,22,25)/p+1/t14-/m0/s1. The molecule has 6 heteroatoms. The van der Waals surface area contributed by atoms with Crippen molar-refractivity contribution < 1.29 is 9.69 Å². The van der Waals surface area contributed by atoms with Gasteiger partial charge in [-0.15, -0.1) is 0 Å². The number of quaternary nitrogens is 1. The van der Waals surface area contributed by atoms with Crippen molar-refractivity contribution in [2.75, 3.05) is 36.4 Å². The van der Waals surface area contributed by atoms with Crippen molar-refractivity contribution >= 4 is 40.5 Å². The van der Waals surface area contributed by atoms with Gasteiger partial charge >= 0.3 is 0 Å². The Labute approximate surface area is 158 Å². The average molecular weight is 379 g/mol. The van der Waals surface area contributed by atoms with Crippen molar-refractivity contribution in [2.24, 2.45) is 0 Å². The van der Waals surface area contributed by atoms with Gasteiger partial charge in [-0.25, -0.2) is 0 Å². The summed E-state index contributed by atoms with van der Waals surface area (Å²) in [5, 5.41) is 4.32. The van der Waals surface area contributed by atoms with E-state index in [9.17, 15) is 4.79 Å². The smallest absolute Gasteiger partial charge is 0.282 e. The maximum atomic E-state index is 12.5. The van der Waals surface area contributed by atoms with Crippen LogP contribution in [0.5, 0.6) is 0 Å². The van der Waals surface area contributed by atoms with Crippen LogP contribution in [0.3, 0.4) is 0 Å². The number of anilines is 2. The lowest BCUT2D eigenvalue weighted by Gasteiger charge is -2.36. The van der Waals surface area contributed by atoms with Crippen LogP contribution in [-0.2, 0) is 4.79 Å². The normalized spacial score (nSPS) is 16.5. The number of nitrogens with one attached hydrogen (secondary N) is 2. The summed E-state index contributed by atoms with van der Waals surface area (Å²) in [5.74, 6) is 0.0217. The van der Waals surface area contributed by atoms with Gasteiger partial charge in [-0.1, -0.05) is 35.3 Å². The van der Waals surface area contributed by atoms with E-state index in [0.29, 0.717) is 5.02 Å². The molecule has 2 N–H and O–H groups in total. The van der Waals surface area contributed by atoms with Gasteiger partial charge in [0.05, 0.1) is 26.2 Å². The number of carbonyl (C=O) groups is 1. The molecular formula is C19H22Cl2N3O+. The fourth-order valence-corrected chi connectivity index (χ4v) is 3.53. The van der Waals surface area contributed by atoms with Crippen molar-refractivity contribution in [3.05, 3.63) is 58.6 Å². The Hall–Kier alpha value is -1.75. The van der Waals surface area contributed by atoms with Crippen molar-refractivity contribution in [3.8, 4) is 0 Å². The molecule has 2 aromatic carbocycles. The van der Waals surface area contributed by atoms with Gasteiger partial charge in [0.25, 0.3) is 5.91 Å². The molecule has 1 saturated heterocycles. The summed E-state index contributed by atoms with van der Waals surface area (Å²) in [6, 6.07) is 15.0. The third-order valence-electron chi connectivity index (χ3n) is 4.68. The number of carbonyl (C=O) groups excluding carboxylic acids is 1. The number of halogens is 2. The van der Waals surface area contributed by atoms with Crippen LogP contribution < -0.4 is 15.1 Å². The van der Waals surface area contributed by atoms with Crippen molar-refractivity contribution in [1.82, 2.24) is 0 Å². The molecule has 0 saturated carbocycles. The Morgan fingerprint density at radius 3 is 2.36 bits per heavy atom. The minimum absolute atomic E-state index is 0.0217. The van der Waals surface area contributed by atoms with Gasteiger partial charge in [0.1, 0.15) is 0 Å². The number of piperazine rings is 1. The Bertz CT molecular complexity index is 745. The van der Waals surface area contributed by atoms with Gasteiger partial charge in [-0.2, -0.15) is 0 Å². The molecule has 0 radical (unpaired) electrons. The van der Waals surface area contributed by atoms with Gasteiger partial charge < -0.3 is 15.1 Å².